The highest BCUT2D eigenvalue weighted by atomic mass is 35.5. The van der Waals surface area contributed by atoms with E-state index in [9.17, 15) is 4.79 Å². The number of rotatable bonds is 3. The standard InChI is InChI=1S/C11H8Cl3N3O/c12-7-3-8(13)5-9(4-7)16-10(18)6-17-2-1-15-11(17)14/h1-5H,6H2,(H,16,18). The van der Waals surface area contributed by atoms with Gasteiger partial charge in [0.25, 0.3) is 0 Å². The molecule has 2 aromatic rings. The summed E-state index contributed by atoms with van der Waals surface area (Å²) < 4.78 is 1.52. The third-order valence-corrected chi connectivity index (χ3v) is 2.88. The molecule has 0 atom stereocenters. The largest absolute Gasteiger partial charge is 0.324 e. The molecule has 1 amide bonds. The van der Waals surface area contributed by atoms with E-state index in [0.29, 0.717) is 15.7 Å². The van der Waals surface area contributed by atoms with Gasteiger partial charge in [-0.3, -0.25) is 4.79 Å². The highest BCUT2D eigenvalue weighted by Crippen LogP contribution is 2.22. The van der Waals surface area contributed by atoms with Gasteiger partial charge in [0.15, 0.2) is 0 Å². The summed E-state index contributed by atoms with van der Waals surface area (Å²) in [6, 6.07) is 4.81. The summed E-state index contributed by atoms with van der Waals surface area (Å²) in [5.74, 6) is -0.242. The van der Waals surface area contributed by atoms with E-state index < -0.39 is 0 Å². The molecule has 0 aliphatic rings. The number of carbonyl (C=O) groups is 1. The van der Waals surface area contributed by atoms with Crippen molar-refractivity contribution in [2.45, 2.75) is 6.54 Å². The number of anilines is 1. The van der Waals surface area contributed by atoms with Crippen LogP contribution < -0.4 is 5.32 Å². The number of benzene rings is 1. The van der Waals surface area contributed by atoms with Gasteiger partial charge >= 0.3 is 0 Å². The van der Waals surface area contributed by atoms with Crippen LogP contribution in [0.3, 0.4) is 0 Å². The van der Waals surface area contributed by atoms with Crippen molar-refractivity contribution in [3.05, 3.63) is 45.9 Å². The van der Waals surface area contributed by atoms with Gasteiger partial charge in [-0.15, -0.1) is 0 Å². The fourth-order valence-corrected chi connectivity index (χ4v) is 2.11. The molecular formula is C11H8Cl3N3O. The number of nitrogens with zero attached hydrogens (tertiary/aromatic N) is 2. The van der Waals surface area contributed by atoms with E-state index in [2.05, 4.69) is 10.3 Å². The maximum Gasteiger partial charge on any atom is 0.244 e. The number of amides is 1. The van der Waals surface area contributed by atoms with Crippen LogP contribution in [-0.4, -0.2) is 15.5 Å². The van der Waals surface area contributed by atoms with Gasteiger partial charge in [0.05, 0.1) is 0 Å². The van der Waals surface area contributed by atoms with Gasteiger partial charge in [0.1, 0.15) is 6.54 Å². The molecule has 0 saturated heterocycles. The molecule has 0 unspecified atom stereocenters. The van der Waals surface area contributed by atoms with Crippen LogP contribution in [0.2, 0.25) is 15.3 Å². The smallest absolute Gasteiger partial charge is 0.244 e. The number of carbonyl (C=O) groups excluding carboxylic acids is 1. The predicted octanol–water partition coefficient (Wildman–Crippen LogP) is 3.48. The lowest BCUT2D eigenvalue weighted by Crippen LogP contribution is -2.18. The van der Waals surface area contributed by atoms with Crippen LogP contribution in [0.4, 0.5) is 5.69 Å². The number of halogens is 3. The zero-order valence-electron chi connectivity index (χ0n) is 9.03. The fraction of sp³-hybridized carbons (Fsp3) is 0.0909. The number of hydrogen-bond donors (Lipinski definition) is 1. The first-order valence-corrected chi connectivity index (χ1v) is 6.10. The zero-order valence-corrected chi connectivity index (χ0v) is 11.3. The molecule has 0 aliphatic heterocycles. The lowest BCUT2D eigenvalue weighted by atomic mass is 10.3. The number of aromatic nitrogens is 2. The van der Waals surface area contributed by atoms with Gasteiger partial charge in [-0.25, -0.2) is 4.98 Å². The molecule has 0 fully saturated rings. The van der Waals surface area contributed by atoms with Gasteiger partial charge in [0, 0.05) is 28.1 Å². The van der Waals surface area contributed by atoms with Crippen LogP contribution in [0, 0.1) is 0 Å². The van der Waals surface area contributed by atoms with Gasteiger partial charge in [-0.1, -0.05) is 23.2 Å². The minimum absolute atomic E-state index is 0.0724. The first-order valence-electron chi connectivity index (χ1n) is 4.97. The highest BCUT2D eigenvalue weighted by Gasteiger charge is 2.07. The summed E-state index contributed by atoms with van der Waals surface area (Å²) >= 11 is 17.4. The number of nitrogens with one attached hydrogen (secondary N) is 1. The van der Waals surface area contributed by atoms with Gasteiger partial charge < -0.3 is 9.88 Å². The molecule has 0 spiro atoms. The Labute approximate surface area is 118 Å². The summed E-state index contributed by atoms with van der Waals surface area (Å²) in [6.45, 7) is 0.0724. The minimum Gasteiger partial charge on any atom is -0.324 e. The summed E-state index contributed by atoms with van der Waals surface area (Å²) in [4.78, 5) is 15.6. The SMILES string of the molecule is O=C(Cn1ccnc1Cl)Nc1cc(Cl)cc(Cl)c1. The van der Waals surface area contributed by atoms with Crippen molar-refractivity contribution in [2.24, 2.45) is 0 Å². The van der Waals surface area contributed by atoms with Crippen LogP contribution in [0.25, 0.3) is 0 Å². The Hall–Kier alpha value is -1.23. The predicted molar refractivity (Wildman–Crippen MR) is 72.3 cm³/mol. The van der Waals surface area contributed by atoms with E-state index in [4.69, 9.17) is 34.8 Å². The van der Waals surface area contributed by atoms with E-state index in [0.717, 1.165) is 0 Å². The summed E-state index contributed by atoms with van der Waals surface area (Å²) in [5, 5.41) is 3.85. The Morgan fingerprint density at radius 1 is 1.22 bits per heavy atom. The Balaban J connectivity index is 2.05. The molecule has 94 valence electrons. The molecule has 1 aromatic carbocycles. The Morgan fingerprint density at radius 3 is 2.44 bits per heavy atom. The average molecular weight is 305 g/mol. The van der Waals surface area contributed by atoms with Crippen molar-refractivity contribution < 1.29 is 4.79 Å². The van der Waals surface area contributed by atoms with Crippen LogP contribution >= 0.6 is 34.8 Å². The quantitative estimate of drug-likeness (QED) is 0.943. The van der Waals surface area contributed by atoms with E-state index in [1.54, 1.807) is 24.4 Å². The molecule has 1 heterocycles. The Bertz CT molecular complexity index is 562. The molecule has 0 radical (unpaired) electrons. The van der Waals surface area contributed by atoms with Crippen LogP contribution in [0.5, 0.6) is 0 Å². The average Bonchev–Trinajstić information content (AvgIpc) is 2.62. The molecule has 18 heavy (non-hydrogen) atoms. The van der Waals surface area contributed by atoms with E-state index in [-0.39, 0.29) is 17.7 Å². The molecule has 0 saturated carbocycles. The van der Waals surface area contributed by atoms with Crippen molar-refractivity contribution >= 4 is 46.4 Å². The second kappa shape index (κ2) is 5.61. The number of imidazole rings is 1. The van der Waals surface area contributed by atoms with Crippen molar-refractivity contribution in [3.63, 3.8) is 0 Å². The monoisotopic (exact) mass is 303 g/mol. The summed E-state index contributed by atoms with van der Waals surface area (Å²) in [7, 11) is 0. The molecule has 1 aromatic heterocycles. The molecule has 0 aliphatic carbocycles. The topological polar surface area (TPSA) is 46.9 Å². The third kappa shape index (κ3) is 3.38. The van der Waals surface area contributed by atoms with Gasteiger partial charge in [0.2, 0.25) is 11.2 Å². The van der Waals surface area contributed by atoms with Crippen LogP contribution in [-0.2, 0) is 11.3 Å². The fourth-order valence-electron chi connectivity index (χ4n) is 1.41. The second-order valence-corrected chi connectivity index (χ2v) is 4.74. The minimum atomic E-state index is -0.242. The molecule has 0 bridgehead atoms. The lowest BCUT2D eigenvalue weighted by molar-refractivity contribution is -0.116. The molecule has 7 heteroatoms. The lowest BCUT2D eigenvalue weighted by Gasteiger charge is -2.07. The van der Waals surface area contributed by atoms with E-state index in [1.165, 1.54) is 10.8 Å². The van der Waals surface area contributed by atoms with Crippen molar-refractivity contribution in [1.82, 2.24) is 9.55 Å². The normalized spacial score (nSPS) is 10.4. The summed E-state index contributed by atoms with van der Waals surface area (Å²) in [5.41, 5.74) is 0.536. The van der Waals surface area contributed by atoms with Crippen molar-refractivity contribution in [3.8, 4) is 0 Å². The number of hydrogen-bond acceptors (Lipinski definition) is 2. The van der Waals surface area contributed by atoms with Gasteiger partial charge in [-0.2, -0.15) is 0 Å². The Morgan fingerprint density at radius 2 is 1.89 bits per heavy atom. The van der Waals surface area contributed by atoms with E-state index in [1.807, 2.05) is 0 Å². The third-order valence-electron chi connectivity index (χ3n) is 2.12. The molecule has 4 nitrogen and oxygen atoms in total. The van der Waals surface area contributed by atoms with Crippen molar-refractivity contribution in [2.75, 3.05) is 5.32 Å². The maximum atomic E-state index is 11.8. The van der Waals surface area contributed by atoms with Crippen LogP contribution in [0.1, 0.15) is 0 Å². The molecule has 1 N–H and O–H groups in total. The Kier molecular flexibility index (Phi) is 4.11. The van der Waals surface area contributed by atoms with Crippen molar-refractivity contribution in [1.29, 1.82) is 0 Å². The summed E-state index contributed by atoms with van der Waals surface area (Å²) in [6.07, 6.45) is 3.14. The molecular weight excluding hydrogens is 297 g/mol. The van der Waals surface area contributed by atoms with Gasteiger partial charge in [-0.05, 0) is 29.8 Å². The van der Waals surface area contributed by atoms with Crippen LogP contribution in [0.15, 0.2) is 30.6 Å². The first-order chi connectivity index (χ1) is 8.54. The van der Waals surface area contributed by atoms with E-state index >= 15 is 0 Å². The molecule has 2 rings (SSSR count). The highest BCUT2D eigenvalue weighted by molar-refractivity contribution is 6.35. The zero-order chi connectivity index (χ0) is 13.1. The first kappa shape index (κ1) is 13.2. The maximum absolute atomic E-state index is 11.8. The second-order valence-electron chi connectivity index (χ2n) is 3.53.